The summed E-state index contributed by atoms with van der Waals surface area (Å²) in [5, 5.41) is 8.98. The van der Waals surface area contributed by atoms with Gasteiger partial charge in [-0.25, -0.2) is 0 Å². The predicted molar refractivity (Wildman–Crippen MR) is 35.3 cm³/mol. The van der Waals surface area contributed by atoms with Crippen LogP contribution < -0.4 is 0 Å². The summed E-state index contributed by atoms with van der Waals surface area (Å²) < 4.78 is 4.96. The number of ether oxygens (including phenoxy) is 1. The van der Waals surface area contributed by atoms with Gasteiger partial charge in [-0.2, -0.15) is 0 Å². The van der Waals surface area contributed by atoms with E-state index in [1.165, 1.54) is 12.3 Å². The van der Waals surface area contributed by atoms with Crippen LogP contribution in [-0.4, -0.2) is 23.1 Å². The van der Waals surface area contributed by atoms with E-state index in [2.05, 4.69) is 0 Å². The van der Waals surface area contributed by atoms with Gasteiger partial charge in [0.1, 0.15) is 6.10 Å². The highest BCUT2D eigenvalue weighted by Gasteiger charge is 2.20. The maximum Gasteiger partial charge on any atom is 0.162 e. The first-order valence-electron chi connectivity index (χ1n) is 3.23. The molecule has 0 unspecified atom stereocenters. The monoisotopic (exact) mass is 142 g/mol. The Balaban J connectivity index is 2.52. The maximum absolute atomic E-state index is 10.7. The van der Waals surface area contributed by atoms with Crippen LogP contribution in [0.25, 0.3) is 0 Å². The largest absolute Gasteiger partial charge is 0.495 e. The molecule has 0 bridgehead atoms. The molecule has 0 radical (unpaired) electrons. The molecule has 0 fully saturated rings. The molecule has 1 aliphatic heterocycles. The fraction of sp³-hybridized carbons (Fsp3) is 0.571. The highest BCUT2D eigenvalue weighted by molar-refractivity contribution is 5.90. The Morgan fingerprint density at radius 1 is 1.90 bits per heavy atom. The third-order valence-electron chi connectivity index (χ3n) is 1.45. The van der Waals surface area contributed by atoms with Crippen molar-refractivity contribution >= 4 is 5.78 Å². The smallest absolute Gasteiger partial charge is 0.162 e. The predicted octanol–water partition coefficient (Wildman–Crippen LogP) is 0.239. The molecule has 2 atom stereocenters. The molecule has 1 rings (SSSR count). The van der Waals surface area contributed by atoms with Gasteiger partial charge in [-0.1, -0.05) is 0 Å². The van der Waals surface area contributed by atoms with E-state index in [0.29, 0.717) is 0 Å². The zero-order valence-electron chi connectivity index (χ0n) is 5.78. The van der Waals surface area contributed by atoms with E-state index in [0.717, 1.165) is 0 Å². The Kier molecular flexibility index (Phi) is 2.06. The molecule has 3 nitrogen and oxygen atoms in total. The minimum absolute atomic E-state index is 0.0113. The van der Waals surface area contributed by atoms with E-state index in [4.69, 9.17) is 9.84 Å². The van der Waals surface area contributed by atoms with Crippen LogP contribution in [0.3, 0.4) is 0 Å². The van der Waals surface area contributed by atoms with Gasteiger partial charge in [-0.3, -0.25) is 4.79 Å². The van der Waals surface area contributed by atoms with Crippen LogP contribution in [0.1, 0.15) is 13.3 Å². The molecule has 0 aromatic heterocycles. The molecule has 0 aliphatic carbocycles. The van der Waals surface area contributed by atoms with Gasteiger partial charge in [0.2, 0.25) is 0 Å². The lowest BCUT2D eigenvalue weighted by Gasteiger charge is -2.20. The van der Waals surface area contributed by atoms with E-state index in [9.17, 15) is 4.79 Å². The first-order valence-corrected chi connectivity index (χ1v) is 3.23. The Hall–Kier alpha value is -0.830. The van der Waals surface area contributed by atoms with Gasteiger partial charge in [-0.05, 0) is 6.92 Å². The van der Waals surface area contributed by atoms with Crippen molar-refractivity contribution in [2.24, 2.45) is 0 Å². The summed E-state index contributed by atoms with van der Waals surface area (Å²) in [6.45, 7) is 1.61. The highest BCUT2D eigenvalue weighted by atomic mass is 16.5. The maximum atomic E-state index is 10.7. The molecule has 10 heavy (non-hydrogen) atoms. The van der Waals surface area contributed by atoms with Gasteiger partial charge in [0.15, 0.2) is 5.78 Å². The van der Waals surface area contributed by atoms with Gasteiger partial charge < -0.3 is 9.84 Å². The summed E-state index contributed by atoms with van der Waals surface area (Å²) in [5.41, 5.74) is 0. The second-order valence-corrected chi connectivity index (χ2v) is 2.39. The van der Waals surface area contributed by atoms with Gasteiger partial charge in [0.25, 0.3) is 0 Å². The number of carbonyl (C=O) groups is 1. The number of aliphatic hydroxyl groups excluding tert-OH is 1. The van der Waals surface area contributed by atoms with E-state index < -0.39 is 6.10 Å². The standard InChI is InChI=1S/C7H10O3/c1-5(8)7-4-6(9)2-3-10-7/h2-3,5,7-8H,4H2,1H3/t5-,7-/m0/s1. The fourth-order valence-electron chi connectivity index (χ4n) is 0.815. The van der Waals surface area contributed by atoms with Crippen molar-refractivity contribution in [2.75, 3.05) is 0 Å². The molecule has 0 aromatic rings. The number of hydrogen-bond donors (Lipinski definition) is 1. The van der Waals surface area contributed by atoms with Crippen LogP contribution in [0.2, 0.25) is 0 Å². The molecule has 56 valence electrons. The molecule has 1 N–H and O–H groups in total. The van der Waals surface area contributed by atoms with Gasteiger partial charge in [-0.15, -0.1) is 0 Å². The van der Waals surface area contributed by atoms with Crippen LogP contribution in [0, 0.1) is 0 Å². The van der Waals surface area contributed by atoms with E-state index in [1.807, 2.05) is 0 Å². The Bertz CT molecular complexity index is 160. The lowest BCUT2D eigenvalue weighted by molar-refractivity contribution is -0.120. The second-order valence-electron chi connectivity index (χ2n) is 2.39. The minimum Gasteiger partial charge on any atom is -0.495 e. The molecule has 0 saturated heterocycles. The van der Waals surface area contributed by atoms with Crippen LogP contribution in [0.15, 0.2) is 12.3 Å². The molecule has 1 aliphatic rings. The van der Waals surface area contributed by atoms with Crippen LogP contribution in [0.5, 0.6) is 0 Å². The lowest BCUT2D eigenvalue weighted by Crippen LogP contribution is -2.29. The summed E-state index contributed by atoms with van der Waals surface area (Å²) in [6.07, 6.45) is 2.07. The van der Waals surface area contributed by atoms with Crippen LogP contribution in [-0.2, 0) is 9.53 Å². The van der Waals surface area contributed by atoms with Gasteiger partial charge in [0, 0.05) is 6.08 Å². The molecular weight excluding hydrogens is 132 g/mol. The van der Waals surface area contributed by atoms with E-state index >= 15 is 0 Å². The van der Waals surface area contributed by atoms with E-state index in [-0.39, 0.29) is 18.3 Å². The quantitative estimate of drug-likeness (QED) is 0.570. The Morgan fingerprint density at radius 3 is 3.00 bits per heavy atom. The Morgan fingerprint density at radius 2 is 2.60 bits per heavy atom. The topological polar surface area (TPSA) is 46.5 Å². The molecule has 0 spiro atoms. The SMILES string of the molecule is C[C@H](O)[C@@H]1CC(=O)C=CO1. The first-order chi connectivity index (χ1) is 4.70. The molecule has 3 heteroatoms. The van der Waals surface area contributed by atoms with Crippen molar-refractivity contribution in [1.82, 2.24) is 0 Å². The second kappa shape index (κ2) is 2.84. The van der Waals surface area contributed by atoms with Crippen molar-refractivity contribution in [2.45, 2.75) is 25.6 Å². The molecule has 0 aromatic carbocycles. The van der Waals surface area contributed by atoms with Crippen molar-refractivity contribution in [1.29, 1.82) is 0 Å². The van der Waals surface area contributed by atoms with Gasteiger partial charge in [0.05, 0.1) is 18.8 Å². The summed E-state index contributed by atoms with van der Waals surface area (Å²) in [4.78, 5) is 10.7. The fourth-order valence-corrected chi connectivity index (χ4v) is 0.815. The van der Waals surface area contributed by atoms with Crippen molar-refractivity contribution in [3.8, 4) is 0 Å². The third kappa shape index (κ3) is 1.57. The number of hydrogen-bond acceptors (Lipinski definition) is 3. The average molecular weight is 142 g/mol. The first kappa shape index (κ1) is 7.28. The number of rotatable bonds is 1. The molecular formula is C7H10O3. The summed E-state index contributed by atoms with van der Waals surface area (Å²) in [5.74, 6) is 0.0113. The van der Waals surface area contributed by atoms with Crippen molar-refractivity contribution in [3.05, 3.63) is 12.3 Å². The lowest BCUT2D eigenvalue weighted by atomic mass is 10.1. The summed E-state index contributed by atoms with van der Waals surface area (Å²) >= 11 is 0. The normalized spacial score (nSPS) is 27.8. The number of ketones is 1. The number of carbonyl (C=O) groups excluding carboxylic acids is 1. The summed E-state index contributed by atoms with van der Waals surface area (Å²) in [6, 6.07) is 0. The minimum atomic E-state index is -0.575. The van der Waals surface area contributed by atoms with Crippen molar-refractivity contribution < 1.29 is 14.6 Å². The van der Waals surface area contributed by atoms with Crippen LogP contribution >= 0.6 is 0 Å². The zero-order valence-corrected chi connectivity index (χ0v) is 5.78. The number of allylic oxidation sites excluding steroid dienone is 1. The molecule has 0 saturated carbocycles. The average Bonchev–Trinajstić information content (AvgIpc) is 1.88. The third-order valence-corrected chi connectivity index (χ3v) is 1.45. The zero-order chi connectivity index (χ0) is 7.56. The van der Waals surface area contributed by atoms with Crippen molar-refractivity contribution in [3.63, 3.8) is 0 Å². The summed E-state index contributed by atoms with van der Waals surface area (Å²) in [7, 11) is 0. The molecule has 0 amide bonds. The van der Waals surface area contributed by atoms with E-state index in [1.54, 1.807) is 6.92 Å². The number of aliphatic hydroxyl groups is 1. The highest BCUT2D eigenvalue weighted by Crippen LogP contribution is 2.10. The molecule has 1 heterocycles. The Labute approximate surface area is 59.3 Å². The van der Waals surface area contributed by atoms with Gasteiger partial charge >= 0.3 is 0 Å². The van der Waals surface area contributed by atoms with Crippen LogP contribution in [0.4, 0.5) is 0 Å².